The van der Waals surface area contributed by atoms with Gasteiger partial charge in [-0.1, -0.05) is 30.8 Å². The van der Waals surface area contributed by atoms with Crippen molar-refractivity contribution in [3.8, 4) is 0 Å². The fraction of sp³-hybridized carbons (Fsp3) is 0.526. The fourth-order valence-corrected chi connectivity index (χ4v) is 4.58. The van der Waals surface area contributed by atoms with Gasteiger partial charge in [0, 0.05) is 24.9 Å². The lowest BCUT2D eigenvalue weighted by Gasteiger charge is -2.35. The lowest BCUT2D eigenvalue weighted by atomic mass is 9.92. The third-order valence-corrected chi connectivity index (χ3v) is 5.77. The van der Waals surface area contributed by atoms with Crippen LogP contribution in [0.1, 0.15) is 37.5 Å². The Morgan fingerprint density at radius 2 is 2.04 bits per heavy atom. The number of aromatic nitrogens is 4. The largest absolute Gasteiger partial charge is 0.467 e. The molecular formula is C19H25N5O2S. The van der Waals surface area contributed by atoms with Crippen molar-refractivity contribution in [1.29, 1.82) is 0 Å². The third kappa shape index (κ3) is 4.21. The zero-order valence-corrected chi connectivity index (χ0v) is 16.8. The Hall–Kier alpha value is -2.22. The van der Waals surface area contributed by atoms with Crippen molar-refractivity contribution < 1.29 is 8.94 Å². The van der Waals surface area contributed by atoms with Crippen LogP contribution in [0.3, 0.4) is 0 Å². The minimum absolute atomic E-state index is 0.620. The topological polar surface area (TPSA) is 73.1 Å². The van der Waals surface area contributed by atoms with Crippen LogP contribution in [0.5, 0.6) is 0 Å². The van der Waals surface area contributed by atoms with Crippen molar-refractivity contribution >= 4 is 17.7 Å². The highest BCUT2D eigenvalue weighted by Gasteiger charge is 2.27. The van der Waals surface area contributed by atoms with Crippen LogP contribution in [-0.2, 0) is 12.3 Å². The molecular weight excluding hydrogens is 362 g/mol. The van der Waals surface area contributed by atoms with Gasteiger partial charge in [0.2, 0.25) is 5.95 Å². The molecule has 0 radical (unpaired) electrons. The molecule has 0 spiro atoms. The first kappa shape index (κ1) is 18.2. The maximum absolute atomic E-state index is 5.58. The Morgan fingerprint density at radius 1 is 1.22 bits per heavy atom. The minimum atomic E-state index is 0.620. The zero-order chi connectivity index (χ0) is 18.8. The SMILES string of the molecule is Cc1cc(CSc2nnc(N3CC(C)CC(C)C3)n2Cc2ccco2)no1. The number of anilines is 1. The second-order valence-electron chi connectivity index (χ2n) is 7.52. The average molecular weight is 388 g/mol. The summed E-state index contributed by atoms with van der Waals surface area (Å²) in [5.74, 6) is 4.63. The smallest absolute Gasteiger partial charge is 0.228 e. The highest BCUT2D eigenvalue weighted by molar-refractivity contribution is 7.98. The van der Waals surface area contributed by atoms with E-state index >= 15 is 0 Å². The van der Waals surface area contributed by atoms with Gasteiger partial charge in [-0.05, 0) is 37.3 Å². The summed E-state index contributed by atoms with van der Waals surface area (Å²) in [4.78, 5) is 2.36. The predicted octanol–water partition coefficient (Wildman–Crippen LogP) is 3.99. The van der Waals surface area contributed by atoms with Crippen molar-refractivity contribution in [2.45, 2.75) is 44.6 Å². The van der Waals surface area contributed by atoms with E-state index in [2.05, 4.69) is 38.7 Å². The van der Waals surface area contributed by atoms with Crippen LogP contribution < -0.4 is 4.90 Å². The number of furan rings is 1. The maximum Gasteiger partial charge on any atom is 0.228 e. The van der Waals surface area contributed by atoms with Crippen LogP contribution in [0, 0.1) is 18.8 Å². The molecule has 3 aromatic rings. The Labute approximate surface area is 163 Å². The monoisotopic (exact) mass is 387 g/mol. The van der Waals surface area contributed by atoms with E-state index in [1.807, 2.05) is 25.1 Å². The van der Waals surface area contributed by atoms with Crippen molar-refractivity contribution in [3.05, 3.63) is 41.7 Å². The Balaban J connectivity index is 1.59. The summed E-state index contributed by atoms with van der Waals surface area (Å²) in [5, 5.41) is 14.0. The van der Waals surface area contributed by atoms with Gasteiger partial charge in [0.25, 0.3) is 0 Å². The Morgan fingerprint density at radius 3 is 2.70 bits per heavy atom. The van der Waals surface area contributed by atoms with E-state index in [0.717, 1.165) is 41.4 Å². The first-order valence-corrected chi connectivity index (χ1v) is 10.3. The number of thioether (sulfide) groups is 1. The Bertz CT molecular complexity index is 863. The van der Waals surface area contributed by atoms with Gasteiger partial charge in [-0.3, -0.25) is 4.57 Å². The zero-order valence-electron chi connectivity index (χ0n) is 16.0. The molecule has 0 N–H and O–H groups in total. The minimum Gasteiger partial charge on any atom is -0.467 e. The molecule has 0 bridgehead atoms. The summed E-state index contributed by atoms with van der Waals surface area (Å²) in [5.41, 5.74) is 0.909. The molecule has 0 aliphatic carbocycles. The Kier molecular flexibility index (Phi) is 5.24. The highest BCUT2D eigenvalue weighted by atomic mass is 32.2. The van der Waals surface area contributed by atoms with Gasteiger partial charge < -0.3 is 13.8 Å². The summed E-state index contributed by atoms with van der Waals surface area (Å²) < 4.78 is 12.9. The van der Waals surface area contributed by atoms with E-state index in [1.165, 1.54) is 6.42 Å². The molecule has 0 aromatic carbocycles. The summed E-state index contributed by atoms with van der Waals surface area (Å²) in [6.45, 7) is 9.14. The molecule has 0 saturated carbocycles. The van der Waals surface area contributed by atoms with Gasteiger partial charge in [-0.25, -0.2) is 0 Å². The molecule has 2 atom stereocenters. The number of piperidine rings is 1. The van der Waals surface area contributed by atoms with Crippen LogP contribution in [0.15, 0.2) is 38.6 Å². The van der Waals surface area contributed by atoms with Gasteiger partial charge >= 0.3 is 0 Å². The van der Waals surface area contributed by atoms with Crippen molar-refractivity contribution in [1.82, 2.24) is 19.9 Å². The number of aryl methyl sites for hydroxylation is 1. The highest BCUT2D eigenvalue weighted by Crippen LogP contribution is 2.30. The second kappa shape index (κ2) is 7.80. The standard InChI is InChI=1S/C19H25N5O2S/c1-13-7-14(2)10-23(9-13)18-20-21-19(24(18)11-17-5-4-6-25-17)27-12-16-8-15(3)26-22-16/h4-6,8,13-14H,7,9-12H2,1-3H3. The number of rotatable bonds is 6. The molecule has 1 aliphatic rings. The third-order valence-electron chi connectivity index (χ3n) is 4.77. The van der Waals surface area contributed by atoms with Crippen LogP contribution in [0.4, 0.5) is 5.95 Å². The van der Waals surface area contributed by atoms with Crippen LogP contribution in [-0.4, -0.2) is 33.0 Å². The summed E-state index contributed by atoms with van der Waals surface area (Å²) >= 11 is 1.62. The van der Waals surface area contributed by atoms with Crippen LogP contribution in [0.25, 0.3) is 0 Å². The average Bonchev–Trinajstić information content (AvgIpc) is 3.34. The molecule has 8 heteroatoms. The first-order valence-electron chi connectivity index (χ1n) is 9.34. The van der Waals surface area contributed by atoms with E-state index < -0.39 is 0 Å². The summed E-state index contributed by atoms with van der Waals surface area (Å²) in [6, 6.07) is 5.85. The van der Waals surface area contributed by atoms with E-state index in [9.17, 15) is 0 Å². The molecule has 1 aliphatic heterocycles. The first-order chi connectivity index (χ1) is 13.1. The van der Waals surface area contributed by atoms with Gasteiger partial charge in [0.15, 0.2) is 5.16 Å². The number of hydrogen-bond acceptors (Lipinski definition) is 7. The van der Waals surface area contributed by atoms with E-state index in [4.69, 9.17) is 8.94 Å². The molecule has 7 nitrogen and oxygen atoms in total. The quantitative estimate of drug-likeness (QED) is 0.592. The normalized spacial score (nSPS) is 20.3. The second-order valence-corrected chi connectivity index (χ2v) is 8.46. The molecule has 1 saturated heterocycles. The lowest BCUT2D eigenvalue weighted by molar-refractivity contribution is 0.350. The van der Waals surface area contributed by atoms with E-state index in [-0.39, 0.29) is 0 Å². The molecule has 2 unspecified atom stereocenters. The van der Waals surface area contributed by atoms with Crippen molar-refractivity contribution in [2.75, 3.05) is 18.0 Å². The van der Waals surface area contributed by atoms with Crippen molar-refractivity contribution in [2.24, 2.45) is 11.8 Å². The maximum atomic E-state index is 5.58. The predicted molar refractivity (Wildman–Crippen MR) is 104 cm³/mol. The van der Waals surface area contributed by atoms with Gasteiger partial charge in [0.1, 0.15) is 11.5 Å². The fourth-order valence-electron chi connectivity index (χ4n) is 3.77. The molecule has 27 heavy (non-hydrogen) atoms. The molecule has 4 heterocycles. The van der Waals surface area contributed by atoms with Crippen LogP contribution in [0.2, 0.25) is 0 Å². The molecule has 0 amide bonds. The lowest BCUT2D eigenvalue weighted by Crippen LogP contribution is -2.40. The number of nitrogens with zero attached hydrogens (tertiary/aromatic N) is 5. The summed E-state index contributed by atoms with van der Waals surface area (Å²) in [7, 11) is 0. The summed E-state index contributed by atoms with van der Waals surface area (Å²) in [6.07, 6.45) is 2.96. The molecule has 3 aromatic heterocycles. The molecule has 1 fully saturated rings. The van der Waals surface area contributed by atoms with Gasteiger partial charge in [-0.2, -0.15) is 0 Å². The van der Waals surface area contributed by atoms with E-state index in [1.54, 1.807) is 18.0 Å². The van der Waals surface area contributed by atoms with Crippen molar-refractivity contribution in [3.63, 3.8) is 0 Å². The number of hydrogen-bond donors (Lipinski definition) is 0. The van der Waals surface area contributed by atoms with E-state index in [0.29, 0.717) is 24.1 Å². The molecule has 4 rings (SSSR count). The van der Waals surface area contributed by atoms with Gasteiger partial charge in [0.05, 0.1) is 18.5 Å². The molecule has 144 valence electrons. The van der Waals surface area contributed by atoms with Gasteiger partial charge in [-0.15, -0.1) is 10.2 Å². The van der Waals surface area contributed by atoms with Crippen LogP contribution >= 0.6 is 11.8 Å².